The predicted molar refractivity (Wildman–Crippen MR) is 121 cm³/mol. The van der Waals surface area contributed by atoms with Crippen LogP contribution in [0.15, 0.2) is 59.3 Å². The van der Waals surface area contributed by atoms with Crippen LogP contribution in [0.2, 0.25) is 5.02 Å². The van der Waals surface area contributed by atoms with Gasteiger partial charge < -0.3 is 9.88 Å². The van der Waals surface area contributed by atoms with Gasteiger partial charge in [0.2, 0.25) is 5.91 Å². The van der Waals surface area contributed by atoms with E-state index in [1.54, 1.807) is 12.4 Å². The zero-order chi connectivity index (χ0) is 20.9. The summed E-state index contributed by atoms with van der Waals surface area (Å²) in [6.45, 7) is 2.71. The van der Waals surface area contributed by atoms with Crippen molar-refractivity contribution in [3.05, 3.63) is 59.2 Å². The van der Waals surface area contributed by atoms with Crippen molar-refractivity contribution >= 4 is 45.7 Å². The number of thiazole rings is 1. The molecule has 0 fully saturated rings. The number of amides is 1. The Labute approximate surface area is 186 Å². The number of benzene rings is 1. The van der Waals surface area contributed by atoms with Crippen molar-refractivity contribution in [2.45, 2.75) is 18.6 Å². The Hall–Kier alpha value is -2.75. The molecule has 4 aromatic rings. The van der Waals surface area contributed by atoms with E-state index < -0.39 is 0 Å². The maximum Gasteiger partial charge on any atom is 0.236 e. The highest BCUT2D eigenvalue weighted by molar-refractivity contribution is 7.99. The Morgan fingerprint density at radius 2 is 2.03 bits per heavy atom. The lowest BCUT2D eigenvalue weighted by Gasteiger charge is -2.07. The van der Waals surface area contributed by atoms with Gasteiger partial charge in [-0.3, -0.25) is 9.78 Å². The van der Waals surface area contributed by atoms with Gasteiger partial charge in [-0.25, -0.2) is 4.98 Å². The van der Waals surface area contributed by atoms with E-state index in [0.29, 0.717) is 21.9 Å². The average molecular weight is 457 g/mol. The number of carbonyl (C=O) groups excluding carboxylic acids is 1. The van der Waals surface area contributed by atoms with E-state index in [2.05, 4.69) is 25.5 Å². The molecule has 1 amide bonds. The summed E-state index contributed by atoms with van der Waals surface area (Å²) in [7, 11) is 0. The number of halogens is 1. The molecule has 3 aromatic heterocycles. The van der Waals surface area contributed by atoms with Crippen molar-refractivity contribution in [2.75, 3.05) is 11.1 Å². The molecule has 10 heteroatoms. The number of anilines is 1. The summed E-state index contributed by atoms with van der Waals surface area (Å²) >= 11 is 8.65. The standard InChI is InChI=1S/C20H17ClN6OS2/c1-2-27-18(14-4-3-9-22-10-14)25-26-20(27)30-12-17(28)24-19-23-16(11-29-19)13-5-7-15(21)8-6-13/h3-11H,2,12H2,1H3,(H,23,24,28). The number of nitrogens with zero attached hydrogens (tertiary/aromatic N) is 5. The molecule has 1 aromatic carbocycles. The van der Waals surface area contributed by atoms with Crippen molar-refractivity contribution in [2.24, 2.45) is 0 Å². The van der Waals surface area contributed by atoms with Gasteiger partial charge in [-0.15, -0.1) is 21.5 Å². The molecule has 0 aliphatic carbocycles. The van der Waals surface area contributed by atoms with Crippen molar-refractivity contribution in [3.63, 3.8) is 0 Å². The third kappa shape index (κ3) is 4.69. The smallest absolute Gasteiger partial charge is 0.236 e. The highest BCUT2D eigenvalue weighted by atomic mass is 35.5. The number of carbonyl (C=O) groups is 1. The summed E-state index contributed by atoms with van der Waals surface area (Å²) in [4.78, 5) is 21.0. The third-order valence-electron chi connectivity index (χ3n) is 4.18. The molecule has 30 heavy (non-hydrogen) atoms. The van der Waals surface area contributed by atoms with Crippen LogP contribution in [-0.2, 0) is 11.3 Å². The van der Waals surface area contributed by atoms with Crippen LogP contribution in [-0.4, -0.2) is 36.4 Å². The highest BCUT2D eigenvalue weighted by Crippen LogP contribution is 2.27. The number of rotatable bonds is 7. The molecule has 0 spiro atoms. The largest absolute Gasteiger partial charge is 0.302 e. The van der Waals surface area contributed by atoms with Crippen molar-refractivity contribution in [1.29, 1.82) is 0 Å². The summed E-state index contributed by atoms with van der Waals surface area (Å²) in [5.41, 5.74) is 2.64. The first-order valence-corrected chi connectivity index (χ1v) is 11.4. The SMILES string of the molecule is CCn1c(SCC(=O)Nc2nc(-c3ccc(Cl)cc3)cs2)nnc1-c1cccnc1. The second-order valence-electron chi connectivity index (χ2n) is 6.17. The molecule has 0 atom stereocenters. The van der Waals surface area contributed by atoms with Gasteiger partial charge >= 0.3 is 0 Å². The molecule has 152 valence electrons. The second-order valence-corrected chi connectivity index (χ2v) is 8.41. The lowest BCUT2D eigenvalue weighted by molar-refractivity contribution is -0.113. The van der Waals surface area contributed by atoms with Gasteiger partial charge in [-0.2, -0.15) is 0 Å². The van der Waals surface area contributed by atoms with Crippen LogP contribution in [0.1, 0.15) is 6.92 Å². The second kappa shape index (κ2) is 9.38. The van der Waals surface area contributed by atoms with E-state index in [9.17, 15) is 4.79 Å². The van der Waals surface area contributed by atoms with E-state index in [4.69, 9.17) is 11.6 Å². The molecule has 0 aliphatic heterocycles. The summed E-state index contributed by atoms with van der Waals surface area (Å²) in [5, 5.41) is 15.2. The maximum atomic E-state index is 12.4. The van der Waals surface area contributed by atoms with Gasteiger partial charge in [0.05, 0.1) is 11.4 Å². The quantitative estimate of drug-likeness (QED) is 0.399. The van der Waals surface area contributed by atoms with Crippen LogP contribution in [0.4, 0.5) is 5.13 Å². The Bertz CT molecular complexity index is 1140. The van der Waals surface area contributed by atoms with Crippen molar-refractivity contribution in [1.82, 2.24) is 24.7 Å². The molecule has 0 unspecified atom stereocenters. The van der Waals surface area contributed by atoms with E-state index in [1.165, 1.54) is 23.1 Å². The number of nitrogens with one attached hydrogen (secondary N) is 1. The van der Waals surface area contributed by atoms with E-state index in [-0.39, 0.29) is 11.7 Å². The Morgan fingerprint density at radius 3 is 2.77 bits per heavy atom. The van der Waals surface area contributed by atoms with Crippen LogP contribution in [0, 0.1) is 0 Å². The summed E-state index contributed by atoms with van der Waals surface area (Å²) in [5.74, 6) is 0.799. The van der Waals surface area contributed by atoms with Gasteiger partial charge in [0, 0.05) is 40.5 Å². The predicted octanol–water partition coefficient (Wildman–Crippen LogP) is 4.87. The van der Waals surface area contributed by atoms with E-state index in [1.807, 2.05) is 53.3 Å². The maximum absolute atomic E-state index is 12.4. The first-order chi connectivity index (χ1) is 14.6. The Morgan fingerprint density at radius 1 is 1.20 bits per heavy atom. The number of hydrogen-bond acceptors (Lipinski definition) is 7. The lowest BCUT2D eigenvalue weighted by atomic mass is 10.2. The molecule has 0 bridgehead atoms. The van der Waals surface area contributed by atoms with Crippen LogP contribution in [0.3, 0.4) is 0 Å². The zero-order valence-electron chi connectivity index (χ0n) is 15.9. The number of aromatic nitrogens is 5. The van der Waals surface area contributed by atoms with Crippen LogP contribution < -0.4 is 5.32 Å². The molecule has 4 rings (SSSR count). The minimum Gasteiger partial charge on any atom is -0.302 e. The normalized spacial score (nSPS) is 10.9. The fourth-order valence-corrected chi connectivity index (χ4v) is 4.42. The third-order valence-corrected chi connectivity index (χ3v) is 6.15. The van der Waals surface area contributed by atoms with Crippen LogP contribution >= 0.6 is 34.7 Å². The highest BCUT2D eigenvalue weighted by Gasteiger charge is 2.15. The van der Waals surface area contributed by atoms with Gasteiger partial charge in [0.15, 0.2) is 16.1 Å². The number of pyridine rings is 1. The van der Waals surface area contributed by atoms with Crippen molar-refractivity contribution in [3.8, 4) is 22.6 Å². The number of hydrogen-bond donors (Lipinski definition) is 1. The van der Waals surface area contributed by atoms with E-state index >= 15 is 0 Å². The van der Waals surface area contributed by atoms with Gasteiger partial charge in [-0.05, 0) is 31.2 Å². The zero-order valence-corrected chi connectivity index (χ0v) is 18.3. The monoisotopic (exact) mass is 456 g/mol. The minimum atomic E-state index is -0.148. The fraction of sp³-hybridized carbons (Fsp3) is 0.150. The van der Waals surface area contributed by atoms with Gasteiger partial charge in [0.1, 0.15) is 0 Å². The number of thioether (sulfide) groups is 1. The molecule has 3 heterocycles. The van der Waals surface area contributed by atoms with Gasteiger partial charge in [0.25, 0.3) is 0 Å². The molecule has 0 saturated heterocycles. The molecule has 7 nitrogen and oxygen atoms in total. The summed E-state index contributed by atoms with van der Waals surface area (Å²) < 4.78 is 1.97. The molecule has 0 radical (unpaired) electrons. The fourth-order valence-electron chi connectivity index (χ4n) is 2.76. The summed E-state index contributed by atoms with van der Waals surface area (Å²) in [6, 6.07) is 11.2. The summed E-state index contributed by atoms with van der Waals surface area (Å²) in [6.07, 6.45) is 3.46. The first-order valence-electron chi connectivity index (χ1n) is 9.11. The topological polar surface area (TPSA) is 85.6 Å². The van der Waals surface area contributed by atoms with Crippen molar-refractivity contribution < 1.29 is 4.79 Å². The first kappa shape index (κ1) is 20.5. The van der Waals surface area contributed by atoms with Gasteiger partial charge in [-0.1, -0.05) is 35.5 Å². The van der Waals surface area contributed by atoms with Crippen LogP contribution in [0.25, 0.3) is 22.6 Å². The molecular formula is C20H17ClN6OS2. The average Bonchev–Trinajstić information content (AvgIpc) is 3.40. The molecule has 0 aliphatic rings. The molecule has 1 N–H and O–H groups in total. The lowest BCUT2D eigenvalue weighted by Crippen LogP contribution is -2.14. The molecule has 0 saturated carbocycles. The Kier molecular flexibility index (Phi) is 6.41. The Balaban J connectivity index is 1.39. The van der Waals surface area contributed by atoms with E-state index in [0.717, 1.165) is 22.6 Å². The minimum absolute atomic E-state index is 0.148. The van der Waals surface area contributed by atoms with Crippen LogP contribution in [0.5, 0.6) is 0 Å². The molecular weight excluding hydrogens is 440 g/mol.